The Bertz CT molecular complexity index is 308. The van der Waals surface area contributed by atoms with Crippen LogP contribution in [0.4, 0.5) is 0 Å². The molecule has 0 heterocycles. The number of hydrogen-bond donors (Lipinski definition) is 1. The van der Waals surface area contributed by atoms with Crippen LogP contribution in [0.3, 0.4) is 0 Å². The molecule has 1 aromatic carbocycles. The number of halogens is 1. The van der Waals surface area contributed by atoms with Gasteiger partial charge in [-0.25, -0.2) is 0 Å². The van der Waals surface area contributed by atoms with Gasteiger partial charge in [0.15, 0.2) is 11.5 Å². The first-order valence-corrected chi connectivity index (χ1v) is 4.96. The van der Waals surface area contributed by atoms with Gasteiger partial charge in [0.2, 0.25) is 0 Å². The molecule has 1 N–H and O–H groups in total. The van der Waals surface area contributed by atoms with Crippen molar-refractivity contribution in [3.8, 4) is 11.5 Å². The Morgan fingerprint density at radius 2 is 2.00 bits per heavy atom. The molecular weight excluding hydrogens is 232 g/mol. The minimum atomic E-state index is 0.0593. The van der Waals surface area contributed by atoms with Crippen LogP contribution in [0.5, 0.6) is 11.5 Å². The van der Waals surface area contributed by atoms with E-state index in [0.717, 1.165) is 10.0 Å². The summed E-state index contributed by atoms with van der Waals surface area (Å²) in [4.78, 5) is 0. The van der Waals surface area contributed by atoms with Crippen LogP contribution in [-0.2, 0) is 0 Å². The number of ether oxygens (including phenoxy) is 1. The van der Waals surface area contributed by atoms with Gasteiger partial charge in [-0.3, -0.25) is 0 Å². The molecule has 1 aromatic rings. The van der Waals surface area contributed by atoms with Gasteiger partial charge < -0.3 is 9.84 Å². The van der Waals surface area contributed by atoms with Gasteiger partial charge in [-0.2, -0.15) is 0 Å². The van der Waals surface area contributed by atoms with Crippen LogP contribution >= 0.6 is 15.9 Å². The highest BCUT2D eigenvalue weighted by atomic mass is 79.9. The summed E-state index contributed by atoms with van der Waals surface area (Å²) in [6, 6.07) is 3.48. The van der Waals surface area contributed by atoms with Crippen molar-refractivity contribution in [3.05, 3.63) is 22.2 Å². The van der Waals surface area contributed by atoms with Gasteiger partial charge in [-0.1, -0.05) is 6.07 Å². The first-order valence-electron chi connectivity index (χ1n) is 4.17. The molecule has 0 spiro atoms. The van der Waals surface area contributed by atoms with Crippen LogP contribution < -0.4 is 4.74 Å². The van der Waals surface area contributed by atoms with Crippen LogP contribution in [0.1, 0.15) is 19.4 Å². The maximum atomic E-state index is 9.51. The van der Waals surface area contributed by atoms with E-state index >= 15 is 0 Å². The summed E-state index contributed by atoms with van der Waals surface area (Å²) in [6.07, 6.45) is 0.0593. The van der Waals surface area contributed by atoms with E-state index in [1.54, 1.807) is 6.07 Å². The molecule has 1 rings (SSSR count). The Kier molecular flexibility index (Phi) is 3.20. The van der Waals surface area contributed by atoms with Crippen molar-refractivity contribution in [1.29, 1.82) is 0 Å². The fourth-order valence-electron chi connectivity index (χ4n) is 0.992. The van der Waals surface area contributed by atoms with Crippen molar-refractivity contribution in [2.24, 2.45) is 0 Å². The number of aryl methyl sites for hydroxylation is 1. The van der Waals surface area contributed by atoms with Gasteiger partial charge >= 0.3 is 0 Å². The summed E-state index contributed by atoms with van der Waals surface area (Å²) in [5, 5.41) is 9.51. The van der Waals surface area contributed by atoms with Crippen LogP contribution in [0.2, 0.25) is 0 Å². The smallest absolute Gasteiger partial charge is 0.175 e. The fraction of sp³-hybridized carbons (Fsp3) is 0.400. The molecule has 0 saturated heterocycles. The van der Waals surface area contributed by atoms with Gasteiger partial charge in [0.1, 0.15) is 0 Å². The van der Waals surface area contributed by atoms with Gasteiger partial charge in [-0.15, -0.1) is 0 Å². The maximum absolute atomic E-state index is 9.51. The Morgan fingerprint density at radius 1 is 1.38 bits per heavy atom. The standard InChI is InChI=1S/C10H13BrO2/c1-6(2)13-10-8(12)5-4-7(3)9(10)11/h4-6,12H,1-3H3. The van der Waals surface area contributed by atoms with E-state index in [9.17, 15) is 5.11 Å². The monoisotopic (exact) mass is 244 g/mol. The summed E-state index contributed by atoms with van der Waals surface area (Å²) in [6.45, 7) is 5.80. The number of phenols is 1. The number of phenolic OH excluding ortho intramolecular Hbond substituents is 1. The van der Waals surface area contributed by atoms with E-state index in [-0.39, 0.29) is 11.9 Å². The summed E-state index contributed by atoms with van der Waals surface area (Å²) in [5.41, 5.74) is 1.05. The molecule has 0 unspecified atom stereocenters. The predicted octanol–water partition coefficient (Wildman–Crippen LogP) is 3.25. The lowest BCUT2D eigenvalue weighted by atomic mass is 10.2. The zero-order valence-corrected chi connectivity index (χ0v) is 9.55. The molecule has 0 amide bonds. The van der Waals surface area contributed by atoms with Crippen LogP contribution in [0, 0.1) is 6.92 Å². The van der Waals surface area contributed by atoms with Crippen LogP contribution in [0.25, 0.3) is 0 Å². The molecular formula is C10H13BrO2. The van der Waals surface area contributed by atoms with Crippen LogP contribution in [-0.4, -0.2) is 11.2 Å². The van der Waals surface area contributed by atoms with Gasteiger partial charge in [0.25, 0.3) is 0 Å². The van der Waals surface area contributed by atoms with E-state index in [1.165, 1.54) is 0 Å². The minimum absolute atomic E-state index is 0.0593. The van der Waals surface area contributed by atoms with Crippen LogP contribution in [0.15, 0.2) is 16.6 Å². The van der Waals surface area contributed by atoms with Crippen molar-refractivity contribution < 1.29 is 9.84 Å². The average Bonchev–Trinajstić information content (AvgIpc) is 2.05. The summed E-state index contributed by atoms with van der Waals surface area (Å²) >= 11 is 3.37. The minimum Gasteiger partial charge on any atom is -0.504 e. The third-order valence-corrected chi connectivity index (χ3v) is 2.61. The lowest BCUT2D eigenvalue weighted by Gasteiger charge is -2.14. The molecule has 0 saturated carbocycles. The number of hydrogen-bond acceptors (Lipinski definition) is 2. The van der Waals surface area contributed by atoms with E-state index in [0.29, 0.717) is 5.75 Å². The molecule has 0 fully saturated rings. The first-order chi connectivity index (χ1) is 6.02. The maximum Gasteiger partial charge on any atom is 0.175 e. The molecule has 2 nitrogen and oxygen atoms in total. The number of rotatable bonds is 2. The van der Waals surface area contributed by atoms with Gasteiger partial charge in [0.05, 0.1) is 10.6 Å². The topological polar surface area (TPSA) is 29.5 Å². The molecule has 3 heteroatoms. The first kappa shape index (κ1) is 10.4. The molecule has 72 valence electrons. The zero-order chi connectivity index (χ0) is 10.0. The molecule has 13 heavy (non-hydrogen) atoms. The number of aromatic hydroxyl groups is 1. The van der Waals surface area contributed by atoms with Gasteiger partial charge in [0, 0.05) is 0 Å². The molecule has 0 radical (unpaired) electrons. The van der Waals surface area contributed by atoms with E-state index in [4.69, 9.17) is 4.74 Å². The Labute approximate surface area is 86.7 Å². The van der Waals surface area contributed by atoms with Crippen molar-refractivity contribution in [2.75, 3.05) is 0 Å². The predicted molar refractivity (Wildman–Crippen MR) is 56.3 cm³/mol. The molecule has 0 bridgehead atoms. The lowest BCUT2D eigenvalue weighted by molar-refractivity contribution is 0.230. The largest absolute Gasteiger partial charge is 0.504 e. The fourth-order valence-corrected chi connectivity index (χ4v) is 1.42. The summed E-state index contributed by atoms with van der Waals surface area (Å²) in [5.74, 6) is 0.696. The van der Waals surface area contributed by atoms with Gasteiger partial charge in [-0.05, 0) is 48.3 Å². The van der Waals surface area contributed by atoms with E-state index < -0.39 is 0 Å². The van der Waals surface area contributed by atoms with Crippen molar-refractivity contribution >= 4 is 15.9 Å². The van der Waals surface area contributed by atoms with Crippen molar-refractivity contribution in [2.45, 2.75) is 26.9 Å². The summed E-state index contributed by atoms with van der Waals surface area (Å²) in [7, 11) is 0. The second-order valence-corrected chi connectivity index (χ2v) is 4.00. The normalized spacial score (nSPS) is 10.5. The highest BCUT2D eigenvalue weighted by Gasteiger charge is 2.10. The molecule has 0 aromatic heterocycles. The third kappa shape index (κ3) is 2.37. The Balaban J connectivity index is 3.10. The Hall–Kier alpha value is -0.700. The van der Waals surface area contributed by atoms with Crippen molar-refractivity contribution in [3.63, 3.8) is 0 Å². The third-order valence-electron chi connectivity index (χ3n) is 1.62. The van der Waals surface area contributed by atoms with Crippen molar-refractivity contribution in [1.82, 2.24) is 0 Å². The molecule has 0 aliphatic carbocycles. The number of benzene rings is 1. The summed E-state index contributed by atoms with van der Waals surface area (Å²) < 4.78 is 6.28. The highest BCUT2D eigenvalue weighted by molar-refractivity contribution is 9.10. The molecule has 0 aliphatic rings. The van der Waals surface area contributed by atoms with E-state index in [2.05, 4.69) is 15.9 Å². The highest BCUT2D eigenvalue weighted by Crippen LogP contribution is 2.37. The second kappa shape index (κ2) is 4.01. The quantitative estimate of drug-likeness (QED) is 0.866. The SMILES string of the molecule is Cc1ccc(O)c(OC(C)C)c1Br. The second-order valence-electron chi connectivity index (χ2n) is 3.21. The zero-order valence-electron chi connectivity index (χ0n) is 7.97. The molecule has 0 atom stereocenters. The molecule has 0 aliphatic heterocycles. The lowest BCUT2D eigenvalue weighted by Crippen LogP contribution is -2.06. The van der Waals surface area contributed by atoms with E-state index in [1.807, 2.05) is 26.8 Å². The average molecular weight is 245 g/mol. The Morgan fingerprint density at radius 3 is 2.54 bits per heavy atom.